The topological polar surface area (TPSA) is 62.2 Å². The molecular formula is C16H18N2O2. The number of nitrogens with zero attached hydrogens (tertiary/aromatic N) is 1. The van der Waals surface area contributed by atoms with E-state index in [1.54, 1.807) is 6.07 Å². The molecule has 2 aromatic rings. The number of benzene rings is 1. The maximum atomic E-state index is 12.1. The van der Waals surface area contributed by atoms with Gasteiger partial charge in [-0.3, -0.25) is 4.79 Å². The second-order valence-corrected chi connectivity index (χ2v) is 5.58. The highest BCUT2D eigenvalue weighted by molar-refractivity contribution is 5.94. The molecule has 1 aromatic carbocycles. The number of pyridine rings is 1. The number of para-hydroxylation sites is 1. The number of carbonyl (C=O) groups is 1. The monoisotopic (exact) mass is 270 g/mol. The van der Waals surface area contributed by atoms with Crippen molar-refractivity contribution in [3.05, 3.63) is 42.1 Å². The predicted molar refractivity (Wildman–Crippen MR) is 77.4 cm³/mol. The Balaban J connectivity index is 1.72. The van der Waals surface area contributed by atoms with Crippen LogP contribution in [0.15, 0.2) is 36.4 Å². The molecule has 4 heteroatoms. The first kappa shape index (κ1) is 13.1. The molecule has 1 amide bonds. The lowest BCUT2D eigenvalue weighted by molar-refractivity contribution is 0.0428. The molecule has 0 unspecified atom stereocenters. The standard InChI is InChI=1S/C16H18N2O2/c19-11-16(8-3-9-16)10-17-15(20)14-7-6-12-4-1-2-5-13(12)18-14/h1-2,4-7,19H,3,8-11H2,(H,17,20). The van der Waals surface area contributed by atoms with Crippen molar-refractivity contribution in [1.29, 1.82) is 0 Å². The molecule has 0 spiro atoms. The average Bonchev–Trinajstić information content (AvgIpc) is 2.46. The molecular weight excluding hydrogens is 252 g/mol. The summed E-state index contributed by atoms with van der Waals surface area (Å²) in [5, 5.41) is 13.3. The molecule has 1 aliphatic carbocycles. The molecule has 1 aliphatic rings. The van der Waals surface area contributed by atoms with Crippen LogP contribution in [-0.4, -0.2) is 29.1 Å². The van der Waals surface area contributed by atoms with Crippen molar-refractivity contribution in [2.24, 2.45) is 5.41 Å². The number of hydrogen-bond donors (Lipinski definition) is 2. The smallest absolute Gasteiger partial charge is 0.269 e. The second-order valence-electron chi connectivity index (χ2n) is 5.58. The van der Waals surface area contributed by atoms with E-state index in [4.69, 9.17) is 0 Å². The summed E-state index contributed by atoms with van der Waals surface area (Å²) in [6.07, 6.45) is 3.09. The summed E-state index contributed by atoms with van der Waals surface area (Å²) >= 11 is 0. The van der Waals surface area contributed by atoms with Crippen molar-refractivity contribution in [2.45, 2.75) is 19.3 Å². The first-order valence-electron chi connectivity index (χ1n) is 6.97. The summed E-state index contributed by atoms with van der Waals surface area (Å²) in [5.41, 5.74) is 1.14. The largest absolute Gasteiger partial charge is 0.396 e. The van der Waals surface area contributed by atoms with Crippen molar-refractivity contribution in [1.82, 2.24) is 10.3 Å². The molecule has 4 nitrogen and oxygen atoms in total. The van der Waals surface area contributed by atoms with E-state index in [1.165, 1.54) is 0 Å². The molecule has 0 aliphatic heterocycles. The number of aromatic nitrogens is 1. The lowest BCUT2D eigenvalue weighted by Crippen LogP contribution is -2.44. The van der Waals surface area contributed by atoms with Crippen LogP contribution in [0.3, 0.4) is 0 Å². The number of aliphatic hydroxyl groups is 1. The summed E-state index contributed by atoms with van der Waals surface area (Å²) in [4.78, 5) is 16.5. The predicted octanol–water partition coefficient (Wildman–Crippen LogP) is 2.13. The molecule has 0 saturated heterocycles. The van der Waals surface area contributed by atoms with Gasteiger partial charge in [0.15, 0.2) is 0 Å². The third-order valence-corrected chi connectivity index (χ3v) is 4.20. The number of carbonyl (C=O) groups excluding carboxylic acids is 1. The zero-order valence-electron chi connectivity index (χ0n) is 11.3. The Morgan fingerprint density at radius 3 is 2.75 bits per heavy atom. The minimum atomic E-state index is -0.171. The van der Waals surface area contributed by atoms with E-state index >= 15 is 0 Å². The summed E-state index contributed by atoms with van der Waals surface area (Å²) in [5.74, 6) is -0.171. The van der Waals surface area contributed by atoms with Crippen LogP contribution in [0.4, 0.5) is 0 Å². The van der Waals surface area contributed by atoms with E-state index in [-0.39, 0.29) is 17.9 Å². The van der Waals surface area contributed by atoms with Gasteiger partial charge < -0.3 is 10.4 Å². The summed E-state index contributed by atoms with van der Waals surface area (Å²) < 4.78 is 0. The van der Waals surface area contributed by atoms with E-state index in [0.717, 1.165) is 30.2 Å². The zero-order chi connectivity index (χ0) is 14.0. The first-order chi connectivity index (χ1) is 9.72. The lowest BCUT2D eigenvalue weighted by atomic mass is 9.69. The summed E-state index contributed by atoms with van der Waals surface area (Å²) in [6.45, 7) is 0.662. The fraction of sp³-hybridized carbons (Fsp3) is 0.375. The summed E-state index contributed by atoms with van der Waals surface area (Å²) in [7, 11) is 0. The second kappa shape index (κ2) is 5.21. The molecule has 1 aromatic heterocycles. The van der Waals surface area contributed by atoms with Gasteiger partial charge in [-0.05, 0) is 25.0 Å². The third kappa shape index (κ3) is 2.39. The van der Waals surface area contributed by atoms with Gasteiger partial charge in [-0.15, -0.1) is 0 Å². The molecule has 0 radical (unpaired) electrons. The Morgan fingerprint density at radius 1 is 1.25 bits per heavy atom. The molecule has 20 heavy (non-hydrogen) atoms. The van der Waals surface area contributed by atoms with E-state index in [0.29, 0.717) is 12.2 Å². The minimum Gasteiger partial charge on any atom is -0.396 e. The van der Waals surface area contributed by atoms with Gasteiger partial charge in [-0.1, -0.05) is 30.7 Å². The van der Waals surface area contributed by atoms with Crippen LogP contribution in [0.2, 0.25) is 0 Å². The molecule has 104 valence electrons. The highest BCUT2D eigenvalue weighted by atomic mass is 16.3. The molecule has 2 N–H and O–H groups in total. The maximum absolute atomic E-state index is 12.1. The fourth-order valence-corrected chi connectivity index (χ4v) is 2.62. The van der Waals surface area contributed by atoms with Crippen LogP contribution in [0, 0.1) is 5.41 Å². The van der Waals surface area contributed by atoms with Crippen LogP contribution in [0.5, 0.6) is 0 Å². The molecule has 1 saturated carbocycles. The van der Waals surface area contributed by atoms with Crippen LogP contribution < -0.4 is 5.32 Å². The van der Waals surface area contributed by atoms with E-state index in [9.17, 15) is 9.90 Å². The first-order valence-corrected chi connectivity index (χ1v) is 6.97. The van der Waals surface area contributed by atoms with Gasteiger partial charge in [0.05, 0.1) is 12.1 Å². The number of hydrogen-bond acceptors (Lipinski definition) is 3. The highest BCUT2D eigenvalue weighted by Gasteiger charge is 2.36. The van der Waals surface area contributed by atoms with Crippen molar-refractivity contribution in [3.8, 4) is 0 Å². The average molecular weight is 270 g/mol. The molecule has 1 heterocycles. The number of amides is 1. The molecule has 0 bridgehead atoms. The van der Waals surface area contributed by atoms with E-state index in [1.807, 2.05) is 30.3 Å². The van der Waals surface area contributed by atoms with Gasteiger partial charge in [-0.25, -0.2) is 4.98 Å². The van der Waals surface area contributed by atoms with Gasteiger partial charge in [0.2, 0.25) is 0 Å². The SMILES string of the molecule is O=C(NCC1(CO)CCC1)c1ccc2ccccc2n1. The van der Waals surface area contributed by atoms with Crippen molar-refractivity contribution >= 4 is 16.8 Å². The molecule has 1 fully saturated rings. The Morgan fingerprint density at radius 2 is 2.05 bits per heavy atom. The van der Waals surface area contributed by atoms with Gasteiger partial charge in [0.25, 0.3) is 5.91 Å². The van der Waals surface area contributed by atoms with Crippen molar-refractivity contribution in [3.63, 3.8) is 0 Å². The van der Waals surface area contributed by atoms with Gasteiger partial charge in [-0.2, -0.15) is 0 Å². The lowest BCUT2D eigenvalue weighted by Gasteiger charge is -2.40. The maximum Gasteiger partial charge on any atom is 0.269 e. The normalized spacial score (nSPS) is 16.6. The summed E-state index contributed by atoms with van der Waals surface area (Å²) in [6, 6.07) is 11.4. The van der Waals surface area contributed by atoms with Crippen LogP contribution in [0.1, 0.15) is 29.8 Å². The Labute approximate surface area is 117 Å². The third-order valence-electron chi connectivity index (χ3n) is 4.20. The quantitative estimate of drug-likeness (QED) is 0.894. The molecule has 0 atom stereocenters. The van der Waals surface area contributed by atoms with E-state index in [2.05, 4.69) is 10.3 Å². The number of nitrogens with one attached hydrogen (secondary N) is 1. The van der Waals surface area contributed by atoms with Crippen LogP contribution >= 0.6 is 0 Å². The minimum absolute atomic E-state index is 0.105. The van der Waals surface area contributed by atoms with Crippen LogP contribution in [0.25, 0.3) is 10.9 Å². The Kier molecular flexibility index (Phi) is 3.40. The Hall–Kier alpha value is -1.94. The van der Waals surface area contributed by atoms with Gasteiger partial charge in [0.1, 0.15) is 5.69 Å². The van der Waals surface area contributed by atoms with E-state index < -0.39 is 0 Å². The number of rotatable bonds is 4. The zero-order valence-corrected chi connectivity index (χ0v) is 11.3. The van der Waals surface area contributed by atoms with Crippen molar-refractivity contribution < 1.29 is 9.90 Å². The number of aliphatic hydroxyl groups excluding tert-OH is 1. The molecule has 3 rings (SSSR count). The number of fused-ring (bicyclic) bond motifs is 1. The van der Waals surface area contributed by atoms with Gasteiger partial charge in [0, 0.05) is 17.3 Å². The van der Waals surface area contributed by atoms with Crippen molar-refractivity contribution in [2.75, 3.05) is 13.2 Å². The highest BCUT2D eigenvalue weighted by Crippen LogP contribution is 2.39. The van der Waals surface area contributed by atoms with Crippen LogP contribution in [-0.2, 0) is 0 Å². The fourth-order valence-electron chi connectivity index (χ4n) is 2.62. The Bertz CT molecular complexity index is 630. The van der Waals surface area contributed by atoms with Gasteiger partial charge >= 0.3 is 0 Å².